The van der Waals surface area contributed by atoms with E-state index in [1.54, 1.807) is 0 Å². The Morgan fingerprint density at radius 1 is 1.00 bits per heavy atom. The smallest absolute Gasteiger partial charge is 0.315 e. The van der Waals surface area contributed by atoms with Crippen LogP contribution in [0.4, 0.5) is 4.79 Å². The topological polar surface area (TPSA) is 41.1 Å². The van der Waals surface area contributed by atoms with Crippen LogP contribution in [0.5, 0.6) is 0 Å². The van der Waals surface area contributed by atoms with E-state index in [0.717, 1.165) is 37.6 Å². The number of hydrogen-bond acceptors (Lipinski definition) is 1. The van der Waals surface area contributed by atoms with Crippen molar-refractivity contribution in [3.05, 3.63) is 0 Å². The third kappa shape index (κ3) is 5.42. The minimum Gasteiger partial charge on any atom is -0.338 e. The van der Waals surface area contributed by atoms with Gasteiger partial charge in [-0.1, -0.05) is 51.9 Å². The summed E-state index contributed by atoms with van der Waals surface area (Å²) in [5.41, 5.74) is 0. The zero-order valence-electron chi connectivity index (χ0n) is 12.4. The fourth-order valence-electron chi connectivity index (χ4n) is 3.49. The summed E-state index contributed by atoms with van der Waals surface area (Å²) >= 11 is 0. The van der Waals surface area contributed by atoms with Gasteiger partial charge >= 0.3 is 6.03 Å². The molecule has 2 aliphatic carbocycles. The van der Waals surface area contributed by atoms with E-state index in [1.807, 2.05) is 0 Å². The molecule has 0 heterocycles. The molecule has 0 spiro atoms. The van der Waals surface area contributed by atoms with E-state index in [1.165, 1.54) is 44.9 Å². The lowest BCUT2D eigenvalue weighted by Gasteiger charge is -2.26. The van der Waals surface area contributed by atoms with Crippen LogP contribution in [0.3, 0.4) is 0 Å². The molecule has 0 aromatic carbocycles. The van der Waals surface area contributed by atoms with Gasteiger partial charge in [0.2, 0.25) is 0 Å². The van der Waals surface area contributed by atoms with Gasteiger partial charge in [-0.25, -0.2) is 4.79 Å². The second-order valence-corrected chi connectivity index (χ2v) is 6.65. The first-order valence-electron chi connectivity index (χ1n) is 8.28. The summed E-state index contributed by atoms with van der Waals surface area (Å²) in [6.45, 7) is 3.20. The van der Waals surface area contributed by atoms with Gasteiger partial charge in [-0.15, -0.1) is 0 Å². The minimum atomic E-state index is 0.0519. The van der Waals surface area contributed by atoms with Crippen molar-refractivity contribution in [2.45, 2.75) is 77.2 Å². The molecule has 0 aromatic heterocycles. The molecule has 2 rings (SSSR count). The predicted octanol–water partition coefficient (Wildman–Crippen LogP) is 3.83. The van der Waals surface area contributed by atoms with Gasteiger partial charge in [0.15, 0.2) is 0 Å². The lowest BCUT2D eigenvalue weighted by molar-refractivity contribution is 0.229. The van der Waals surface area contributed by atoms with Crippen molar-refractivity contribution < 1.29 is 4.79 Å². The molecule has 0 radical (unpaired) electrons. The average molecular weight is 266 g/mol. The molecule has 2 saturated carbocycles. The molecule has 110 valence electrons. The van der Waals surface area contributed by atoms with Gasteiger partial charge in [-0.2, -0.15) is 0 Å². The molecule has 0 atom stereocenters. The van der Waals surface area contributed by atoms with Crippen LogP contribution in [-0.4, -0.2) is 18.6 Å². The summed E-state index contributed by atoms with van der Waals surface area (Å²) in [5.74, 6) is 1.75. The third-order valence-corrected chi connectivity index (χ3v) is 4.91. The van der Waals surface area contributed by atoms with E-state index in [9.17, 15) is 4.79 Å². The number of carbonyl (C=O) groups is 1. The first kappa shape index (κ1) is 14.7. The van der Waals surface area contributed by atoms with Crippen molar-refractivity contribution in [2.75, 3.05) is 6.54 Å². The molecule has 3 heteroatoms. The molecule has 0 aliphatic heterocycles. The summed E-state index contributed by atoms with van der Waals surface area (Å²) < 4.78 is 0. The van der Waals surface area contributed by atoms with Gasteiger partial charge < -0.3 is 10.6 Å². The zero-order chi connectivity index (χ0) is 13.5. The molecular formula is C16H30N2O. The molecule has 0 bridgehead atoms. The molecule has 2 amide bonds. The standard InChI is InChI=1S/C16H30N2O/c1-13-7-9-14(10-8-13)11-12-17-16(19)18-15-5-3-2-4-6-15/h13-15H,2-12H2,1H3,(H2,17,18,19). The summed E-state index contributed by atoms with van der Waals surface area (Å²) in [6.07, 6.45) is 12.8. The van der Waals surface area contributed by atoms with Crippen LogP contribution < -0.4 is 10.6 Å². The molecule has 0 saturated heterocycles. The lowest BCUT2D eigenvalue weighted by Crippen LogP contribution is -2.43. The van der Waals surface area contributed by atoms with Gasteiger partial charge in [0.25, 0.3) is 0 Å². The zero-order valence-corrected chi connectivity index (χ0v) is 12.4. The van der Waals surface area contributed by atoms with Crippen LogP contribution in [0.25, 0.3) is 0 Å². The van der Waals surface area contributed by atoms with E-state index in [2.05, 4.69) is 17.6 Å². The number of carbonyl (C=O) groups excluding carboxylic acids is 1. The van der Waals surface area contributed by atoms with Crippen LogP contribution in [0.15, 0.2) is 0 Å². The Morgan fingerprint density at radius 3 is 2.37 bits per heavy atom. The Labute approximate surface area is 117 Å². The second-order valence-electron chi connectivity index (χ2n) is 6.65. The highest BCUT2D eigenvalue weighted by atomic mass is 16.2. The van der Waals surface area contributed by atoms with E-state index in [4.69, 9.17) is 0 Å². The van der Waals surface area contributed by atoms with Crippen molar-refractivity contribution >= 4 is 6.03 Å². The SMILES string of the molecule is CC1CCC(CCNC(=O)NC2CCCCC2)CC1. The highest BCUT2D eigenvalue weighted by Gasteiger charge is 2.18. The van der Waals surface area contributed by atoms with Crippen molar-refractivity contribution in [3.8, 4) is 0 Å². The van der Waals surface area contributed by atoms with Crippen LogP contribution >= 0.6 is 0 Å². The number of nitrogens with one attached hydrogen (secondary N) is 2. The van der Waals surface area contributed by atoms with E-state index < -0.39 is 0 Å². The molecular weight excluding hydrogens is 236 g/mol. The maximum atomic E-state index is 11.8. The summed E-state index contributed by atoms with van der Waals surface area (Å²) in [7, 11) is 0. The largest absolute Gasteiger partial charge is 0.338 e. The minimum absolute atomic E-state index is 0.0519. The van der Waals surface area contributed by atoms with Crippen LogP contribution in [-0.2, 0) is 0 Å². The molecule has 2 fully saturated rings. The van der Waals surface area contributed by atoms with E-state index >= 15 is 0 Å². The summed E-state index contributed by atoms with van der Waals surface area (Å²) in [5, 5.41) is 6.15. The van der Waals surface area contributed by atoms with Gasteiger partial charge in [0.1, 0.15) is 0 Å². The second kappa shape index (κ2) is 7.76. The van der Waals surface area contributed by atoms with Crippen molar-refractivity contribution in [1.82, 2.24) is 10.6 Å². The summed E-state index contributed by atoms with van der Waals surface area (Å²) in [6, 6.07) is 0.473. The van der Waals surface area contributed by atoms with E-state index in [0.29, 0.717) is 6.04 Å². The maximum Gasteiger partial charge on any atom is 0.315 e. The Bertz CT molecular complexity index is 266. The monoisotopic (exact) mass is 266 g/mol. The highest BCUT2D eigenvalue weighted by Crippen LogP contribution is 2.29. The van der Waals surface area contributed by atoms with Gasteiger partial charge in [0, 0.05) is 12.6 Å². The average Bonchev–Trinajstić information content (AvgIpc) is 2.42. The number of amides is 2. The van der Waals surface area contributed by atoms with Crippen LogP contribution in [0.1, 0.15) is 71.1 Å². The van der Waals surface area contributed by atoms with Crippen molar-refractivity contribution in [2.24, 2.45) is 11.8 Å². The molecule has 0 unspecified atom stereocenters. The highest BCUT2D eigenvalue weighted by molar-refractivity contribution is 5.74. The number of urea groups is 1. The summed E-state index contributed by atoms with van der Waals surface area (Å²) in [4.78, 5) is 11.8. The first-order chi connectivity index (χ1) is 9.24. The van der Waals surface area contributed by atoms with Gasteiger partial charge in [0.05, 0.1) is 0 Å². The van der Waals surface area contributed by atoms with Crippen molar-refractivity contribution in [3.63, 3.8) is 0 Å². The molecule has 2 N–H and O–H groups in total. The van der Waals surface area contributed by atoms with Crippen molar-refractivity contribution in [1.29, 1.82) is 0 Å². The van der Waals surface area contributed by atoms with Crippen LogP contribution in [0, 0.1) is 11.8 Å². The fourth-order valence-corrected chi connectivity index (χ4v) is 3.49. The Morgan fingerprint density at radius 2 is 1.68 bits per heavy atom. The quantitative estimate of drug-likeness (QED) is 0.797. The first-order valence-corrected chi connectivity index (χ1v) is 8.28. The Hall–Kier alpha value is -0.730. The normalized spacial score (nSPS) is 28.9. The Balaban J connectivity index is 1.53. The molecule has 19 heavy (non-hydrogen) atoms. The number of rotatable bonds is 4. The third-order valence-electron chi connectivity index (χ3n) is 4.91. The maximum absolute atomic E-state index is 11.8. The fraction of sp³-hybridized carbons (Fsp3) is 0.938. The molecule has 0 aromatic rings. The van der Waals surface area contributed by atoms with Crippen LogP contribution in [0.2, 0.25) is 0 Å². The lowest BCUT2D eigenvalue weighted by atomic mass is 9.81. The predicted molar refractivity (Wildman–Crippen MR) is 79.1 cm³/mol. The molecule has 3 nitrogen and oxygen atoms in total. The number of hydrogen-bond donors (Lipinski definition) is 2. The van der Waals surface area contributed by atoms with E-state index in [-0.39, 0.29) is 6.03 Å². The van der Waals surface area contributed by atoms with Gasteiger partial charge in [-0.05, 0) is 31.1 Å². The molecule has 2 aliphatic rings. The Kier molecular flexibility index (Phi) is 5.99. The van der Waals surface area contributed by atoms with Gasteiger partial charge in [-0.3, -0.25) is 0 Å².